The largest absolute Gasteiger partial charge is 0.507 e. The van der Waals surface area contributed by atoms with E-state index in [1.54, 1.807) is 6.92 Å². The predicted molar refractivity (Wildman–Crippen MR) is 64.4 cm³/mol. The number of nitrogens with zero attached hydrogens (tertiary/aromatic N) is 1. The van der Waals surface area contributed by atoms with Gasteiger partial charge in [0.25, 0.3) is 5.91 Å². The molecule has 8 heteroatoms. The quantitative estimate of drug-likeness (QED) is 0.742. The van der Waals surface area contributed by atoms with Crippen LogP contribution in [0.25, 0.3) is 0 Å². The predicted octanol–water partition coefficient (Wildman–Crippen LogP) is 2.69. The Hall–Kier alpha value is -2.51. The van der Waals surface area contributed by atoms with Crippen molar-refractivity contribution < 1.29 is 23.1 Å². The van der Waals surface area contributed by atoms with E-state index in [1.807, 2.05) is 0 Å². The second kappa shape index (κ2) is 4.87. The summed E-state index contributed by atoms with van der Waals surface area (Å²) in [6, 6.07) is 2.72. The summed E-state index contributed by atoms with van der Waals surface area (Å²) in [5.74, 6) is -1.48. The van der Waals surface area contributed by atoms with Gasteiger partial charge in [0.15, 0.2) is 0 Å². The Balaban J connectivity index is 2.27. The Kier molecular flexibility index (Phi) is 3.39. The number of halogens is 3. The van der Waals surface area contributed by atoms with Crippen molar-refractivity contribution in [1.82, 2.24) is 10.2 Å². The van der Waals surface area contributed by atoms with E-state index in [0.717, 1.165) is 6.07 Å². The number of aromatic amines is 1. The first kappa shape index (κ1) is 13.9. The van der Waals surface area contributed by atoms with Crippen molar-refractivity contribution >= 4 is 11.6 Å². The molecule has 0 aliphatic carbocycles. The van der Waals surface area contributed by atoms with Crippen LogP contribution in [-0.4, -0.2) is 21.2 Å². The highest BCUT2D eigenvalue weighted by Crippen LogP contribution is 2.37. The summed E-state index contributed by atoms with van der Waals surface area (Å²) in [4.78, 5) is 11.8. The maximum atomic E-state index is 12.6. The number of phenols is 1. The normalized spacial score (nSPS) is 11.4. The lowest BCUT2D eigenvalue weighted by Crippen LogP contribution is -2.13. The van der Waals surface area contributed by atoms with Gasteiger partial charge in [-0.3, -0.25) is 9.89 Å². The zero-order valence-corrected chi connectivity index (χ0v) is 10.2. The maximum Gasteiger partial charge on any atom is 0.420 e. The van der Waals surface area contributed by atoms with Crippen molar-refractivity contribution in [2.24, 2.45) is 0 Å². The van der Waals surface area contributed by atoms with Gasteiger partial charge in [-0.05, 0) is 25.1 Å². The standard InChI is InChI=1S/C12H10F3N3O2/c1-6-8(5-16-18-6)11(20)17-7-2-3-10(19)9(4-7)12(13,14)15/h2-5,19H,1H3,(H,16,18)(H,17,20). The van der Waals surface area contributed by atoms with Crippen LogP contribution >= 0.6 is 0 Å². The summed E-state index contributed by atoms with van der Waals surface area (Å²) in [6.07, 6.45) is -3.42. The number of alkyl halides is 3. The van der Waals surface area contributed by atoms with Gasteiger partial charge >= 0.3 is 6.18 Å². The molecule has 2 aromatic rings. The molecule has 3 N–H and O–H groups in total. The minimum atomic E-state index is -4.70. The second-order valence-corrected chi connectivity index (χ2v) is 4.09. The smallest absolute Gasteiger partial charge is 0.420 e. The molecule has 1 amide bonds. The molecule has 0 unspecified atom stereocenters. The number of anilines is 1. The minimum absolute atomic E-state index is 0.0688. The number of amides is 1. The molecule has 0 radical (unpaired) electrons. The third kappa shape index (κ3) is 2.73. The van der Waals surface area contributed by atoms with E-state index in [2.05, 4.69) is 15.5 Å². The number of nitrogens with one attached hydrogen (secondary N) is 2. The number of hydrogen-bond acceptors (Lipinski definition) is 3. The third-order valence-corrected chi connectivity index (χ3v) is 2.63. The molecule has 1 aromatic carbocycles. The van der Waals surface area contributed by atoms with Crippen molar-refractivity contribution in [3.05, 3.63) is 41.2 Å². The molecule has 1 aromatic heterocycles. The first-order chi connectivity index (χ1) is 9.29. The van der Waals surface area contributed by atoms with Crippen LogP contribution in [0, 0.1) is 6.92 Å². The highest BCUT2D eigenvalue weighted by atomic mass is 19.4. The summed E-state index contributed by atoms with van der Waals surface area (Å²) in [7, 11) is 0. The van der Waals surface area contributed by atoms with Gasteiger partial charge in [0.2, 0.25) is 0 Å². The van der Waals surface area contributed by atoms with Gasteiger partial charge in [-0.15, -0.1) is 0 Å². The van der Waals surface area contributed by atoms with Crippen molar-refractivity contribution in [3.63, 3.8) is 0 Å². The summed E-state index contributed by atoms with van der Waals surface area (Å²) >= 11 is 0. The number of benzene rings is 1. The number of aromatic hydroxyl groups is 1. The van der Waals surface area contributed by atoms with Gasteiger partial charge in [-0.25, -0.2) is 0 Å². The molecule has 2 rings (SSSR count). The van der Waals surface area contributed by atoms with Gasteiger partial charge in [0.05, 0.1) is 17.3 Å². The molecule has 0 saturated carbocycles. The average Bonchev–Trinajstić information content (AvgIpc) is 2.76. The Labute approximate surface area is 111 Å². The molecule has 20 heavy (non-hydrogen) atoms. The molecule has 5 nitrogen and oxygen atoms in total. The van der Waals surface area contributed by atoms with Crippen molar-refractivity contribution in [2.45, 2.75) is 13.1 Å². The molecule has 0 aliphatic rings. The molecule has 0 bridgehead atoms. The number of phenolic OH excluding ortho intramolecular Hbond substituents is 1. The SMILES string of the molecule is Cc1[nH]ncc1C(=O)Nc1ccc(O)c(C(F)(F)F)c1. The van der Waals surface area contributed by atoms with Crippen LogP contribution in [0.1, 0.15) is 21.6 Å². The van der Waals surface area contributed by atoms with E-state index in [-0.39, 0.29) is 11.3 Å². The molecule has 0 atom stereocenters. The summed E-state index contributed by atoms with van der Waals surface area (Å²) in [6.45, 7) is 1.61. The zero-order chi connectivity index (χ0) is 14.9. The highest BCUT2D eigenvalue weighted by molar-refractivity contribution is 6.04. The van der Waals surface area contributed by atoms with Crippen LogP contribution < -0.4 is 5.32 Å². The fourth-order valence-electron chi connectivity index (χ4n) is 1.62. The van der Waals surface area contributed by atoms with E-state index in [0.29, 0.717) is 11.8 Å². The Bertz CT molecular complexity index is 650. The molecule has 0 fully saturated rings. The van der Waals surface area contributed by atoms with E-state index in [4.69, 9.17) is 0 Å². The molecule has 0 aliphatic heterocycles. The van der Waals surface area contributed by atoms with E-state index >= 15 is 0 Å². The summed E-state index contributed by atoms with van der Waals surface area (Å²) < 4.78 is 37.8. The van der Waals surface area contributed by atoms with Crippen molar-refractivity contribution in [2.75, 3.05) is 5.32 Å². The lowest BCUT2D eigenvalue weighted by atomic mass is 10.1. The minimum Gasteiger partial charge on any atom is -0.507 e. The zero-order valence-electron chi connectivity index (χ0n) is 10.2. The third-order valence-electron chi connectivity index (χ3n) is 2.63. The highest BCUT2D eigenvalue weighted by Gasteiger charge is 2.34. The van der Waals surface area contributed by atoms with Gasteiger partial charge in [-0.2, -0.15) is 18.3 Å². The molecular formula is C12H10F3N3O2. The summed E-state index contributed by atoms with van der Waals surface area (Å²) in [5, 5.41) is 17.7. The molecule has 0 spiro atoms. The van der Waals surface area contributed by atoms with Crippen molar-refractivity contribution in [3.8, 4) is 5.75 Å². The molecular weight excluding hydrogens is 275 g/mol. The van der Waals surface area contributed by atoms with Crippen LogP contribution in [0.3, 0.4) is 0 Å². The number of aryl methyl sites for hydroxylation is 1. The lowest BCUT2D eigenvalue weighted by molar-refractivity contribution is -0.138. The van der Waals surface area contributed by atoms with Crippen LogP contribution in [0.4, 0.5) is 18.9 Å². The number of carbonyl (C=O) groups excluding carboxylic acids is 1. The molecule has 106 valence electrons. The first-order valence-corrected chi connectivity index (χ1v) is 5.50. The summed E-state index contributed by atoms with van der Waals surface area (Å²) in [5.41, 5.74) is -0.552. The van der Waals surface area contributed by atoms with Crippen molar-refractivity contribution in [1.29, 1.82) is 0 Å². The van der Waals surface area contributed by atoms with E-state index < -0.39 is 23.4 Å². The number of H-pyrrole nitrogens is 1. The Morgan fingerprint density at radius 3 is 2.65 bits per heavy atom. The number of aromatic nitrogens is 2. The number of rotatable bonds is 2. The first-order valence-electron chi connectivity index (χ1n) is 5.50. The van der Waals surface area contributed by atoms with Gasteiger partial charge in [0.1, 0.15) is 5.75 Å². The number of hydrogen-bond donors (Lipinski definition) is 3. The van der Waals surface area contributed by atoms with Gasteiger partial charge in [-0.1, -0.05) is 0 Å². The topological polar surface area (TPSA) is 78.0 Å². The van der Waals surface area contributed by atoms with Crippen LogP contribution in [-0.2, 0) is 6.18 Å². The Morgan fingerprint density at radius 2 is 2.10 bits per heavy atom. The fourth-order valence-corrected chi connectivity index (χ4v) is 1.62. The molecule has 1 heterocycles. The second-order valence-electron chi connectivity index (χ2n) is 4.09. The average molecular weight is 285 g/mol. The number of carbonyl (C=O) groups is 1. The maximum absolute atomic E-state index is 12.6. The van der Waals surface area contributed by atoms with Crippen LogP contribution in [0.5, 0.6) is 5.75 Å². The van der Waals surface area contributed by atoms with E-state index in [1.165, 1.54) is 12.3 Å². The Morgan fingerprint density at radius 1 is 1.40 bits per heavy atom. The molecule has 0 saturated heterocycles. The monoisotopic (exact) mass is 285 g/mol. The fraction of sp³-hybridized carbons (Fsp3) is 0.167. The van der Waals surface area contributed by atoms with Gasteiger partial charge < -0.3 is 10.4 Å². The van der Waals surface area contributed by atoms with Crippen LogP contribution in [0.2, 0.25) is 0 Å². The van der Waals surface area contributed by atoms with E-state index in [9.17, 15) is 23.1 Å². The van der Waals surface area contributed by atoms with Crippen LogP contribution in [0.15, 0.2) is 24.4 Å². The van der Waals surface area contributed by atoms with Gasteiger partial charge in [0, 0.05) is 11.4 Å². The lowest BCUT2D eigenvalue weighted by Gasteiger charge is -2.11.